The van der Waals surface area contributed by atoms with Gasteiger partial charge < -0.3 is 10.6 Å². The van der Waals surface area contributed by atoms with Gasteiger partial charge in [0.25, 0.3) is 5.91 Å². The lowest BCUT2D eigenvalue weighted by atomic mass is 10.2. The Hall–Kier alpha value is -0.950. The first-order chi connectivity index (χ1) is 8.43. The third kappa shape index (κ3) is 4.38. The highest BCUT2D eigenvalue weighted by atomic mass is 79.9. The lowest BCUT2D eigenvalue weighted by molar-refractivity contribution is 0.0944. The van der Waals surface area contributed by atoms with E-state index in [0.717, 1.165) is 4.47 Å². The molecular formula is C11H16BrN3O2S. The van der Waals surface area contributed by atoms with E-state index >= 15 is 0 Å². The molecule has 0 aliphatic rings. The number of amides is 1. The van der Waals surface area contributed by atoms with Crippen LogP contribution in [0.1, 0.15) is 17.3 Å². The largest absolute Gasteiger partial charge is 0.372 e. The number of hydrogen-bond acceptors (Lipinski definition) is 4. The maximum absolute atomic E-state index is 12.1. The van der Waals surface area contributed by atoms with E-state index in [0.29, 0.717) is 17.1 Å². The van der Waals surface area contributed by atoms with Gasteiger partial charge in [0, 0.05) is 46.6 Å². The summed E-state index contributed by atoms with van der Waals surface area (Å²) in [7, 11) is 0.771. The highest BCUT2D eigenvalue weighted by Gasteiger charge is 2.15. The van der Waals surface area contributed by atoms with Crippen molar-refractivity contribution >= 4 is 38.5 Å². The average Bonchev–Trinajstić information content (AvgIpc) is 2.27. The van der Waals surface area contributed by atoms with Crippen LogP contribution in [0.4, 0.5) is 5.82 Å². The van der Waals surface area contributed by atoms with E-state index in [2.05, 4.69) is 31.5 Å². The van der Waals surface area contributed by atoms with Crippen molar-refractivity contribution < 1.29 is 9.00 Å². The molecule has 0 aliphatic carbocycles. The molecule has 2 unspecified atom stereocenters. The quantitative estimate of drug-likeness (QED) is 0.854. The number of anilines is 1. The van der Waals surface area contributed by atoms with Gasteiger partial charge >= 0.3 is 0 Å². The van der Waals surface area contributed by atoms with E-state index < -0.39 is 10.8 Å². The van der Waals surface area contributed by atoms with E-state index in [1.54, 1.807) is 25.6 Å². The van der Waals surface area contributed by atoms with Gasteiger partial charge in [-0.1, -0.05) is 0 Å². The molecule has 0 aromatic carbocycles. The van der Waals surface area contributed by atoms with Crippen LogP contribution in [0, 0.1) is 0 Å². The summed E-state index contributed by atoms with van der Waals surface area (Å²) >= 11 is 3.28. The van der Waals surface area contributed by atoms with Crippen LogP contribution in [0.5, 0.6) is 0 Å². The maximum Gasteiger partial charge on any atom is 0.255 e. The number of nitrogens with one attached hydrogen (secondary N) is 2. The lowest BCUT2D eigenvalue weighted by Gasteiger charge is -2.14. The molecule has 0 radical (unpaired) electrons. The van der Waals surface area contributed by atoms with Crippen molar-refractivity contribution in [2.24, 2.45) is 0 Å². The zero-order chi connectivity index (χ0) is 13.7. The average molecular weight is 334 g/mol. The fraction of sp³-hybridized carbons (Fsp3) is 0.455. The summed E-state index contributed by atoms with van der Waals surface area (Å²) in [6.45, 7) is 1.82. The smallest absolute Gasteiger partial charge is 0.255 e. The number of carbonyl (C=O) groups is 1. The van der Waals surface area contributed by atoms with Crippen molar-refractivity contribution in [2.75, 3.05) is 24.4 Å². The Kier molecular flexibility index (Phi) is 5.74. The highest BCUT2D eigenvalue weighted by Crippen LogP contribution is 2.17. The van der Waals surface area contributed by atoms with Crippen LogP contribution in [0.15, 0.2) is 16.7 Å². The number of nitrogens with zero attached hydrogens (tertiary/aromatic N) is 1. The van der Waals surface area contributed by atoms with Gasteiger partial charge in [0.1, 0.15) is 5.82 Å². The van der Waals surface area contributed by atoms with Crippen molar-refractivity contribution in [3.8, 4) is 0 Å². The predicted octanol–water partition coefficient (Wildman–Crippen LogP) is 1.38. The van der Waals surface area contributed by atoms with E-state index in [1.165, 1.54) is 0 Å². The number of carbonyl (C=O) groups excluding carboxylic acids is 1. The van der Waals surface area contributed by atoms with E-state index in [1.807, 2.05) is 6.92 Å². The molecule has 1 aromatic heterocycles. The monoisotopic (exact) mass is 333 g/mol. The Labute approximate surface area is 117 Å². The van der Waals surface area contributed by atoms with Gasteiger partial charge in [-0.2, -0.15) is 0 Å². The second-order valence-electron chi connectivity index (χ2n) is 3.91. The lowest BCUT2D eigenvalue weighted by Crippen LogP contribution is -2.36. The van der Waals surface area contributed by atoms with Crippen molar-refractivity contribution in [2.45, 2.75) is 13.0 Å². The van der Waals surface area contributed by atoms with Gasteiger partial charge in [0.15, 0.2) is 0 Å². The molecule has 0 saturated heterocycles. The molecular weight excluding hydrogens is 318 g/mol. The van der Waals surface area contributed by atoms with Gasteiger partial charge in [-0.15, -0.1) is 0 Å². The summed E-state index contributed by atoms with van der Waals surface area (Å²) < 4.78 is 11.8. The number of halogens is 1. The van der Waals surface area contributed by atoms with Crippen molar-refractivity contribution in [1.29, 1.82) is 0 Å². The molecule has 100 valence electrons. The summed E-state index contributed by atoms with van der Waals surface area (Å²) in [6, 6.07) is 1.55. The zero-order valence-corrected chi connectivity index (χ0v) is 12.9. The van der Waals surface area contributed by atoms with Crippen LogP contribution in [0.3, 0.4) is 0 Å². The van der Waals surface area contributed by atoms with E-state index in [-0.39, 0.29) is 11.9 Å². The van der Waals surface area contributed by atoms with Crippen LogP contribution in [-0.4, -0.2) is 40.2 Å². The molecule has 0 aliphatic heterocycles. The van der Waals surface area contributed by atoms with Gasteiger partial charge in [-0.25, -0.2) is 4.98 Å². The Morgan fingerprint density at radius 3 is 2.83 bits per heavy atom. The fourth-order valence-electron chi connectivity index (χ4n) is 1.51. The van der Waals surface area contributed by atoms with Crippen LogP contribution < -0.4 is 10.6 Å². The summed E-state index contributed by atoms with van der Waals surface area (Å²) in [5.74, 6) is 0.717. The number of rotatable bonds is 5. The predicted molar refractivity (Wildman–Crippen MR) is 77.3 cm³/mol. The molecule has 2 atom stereocenters. The van der Waals surface area contributed by atoms with Crippen LogP contribution in [0.25, 0.3) is 0 Å². The molecule has 18 heavy (non-hydrogen) atoms. The van der Waals surface area contributed by atoms with Crippen LogP contribution in [0.2, 0.25) is 0 Å². The molecule has 1 rings (SSSR count). The Morgan fingerprint density at radius 1 is 1.61 bits per heavy atom. The standard InChI is InChI=1S/C11H16BrN3O2S/c1-7(6-18(3)17)15-11(16)9-4-8(12)5-14-10(9)13-2/h4-5,7H,6H2,1-3H3,(H,13,14)(H,15,16). The van der Waals surface area contributed by atoms with Gasteiger partial charge in [-0.05, 0) is 28.9 Å². The molecule has 2 N–H and O–H groups in total. The van der Waals surface area contributed by atoms with Crippen molar-refractivity contribution in [3.63, 3.8) is 0 Å². The van der Waals surface area contributed by atoms with E-state index in [9.17, 15) is 9.00 Å². The molecule has 1 aromatic rings. The molecule has 0 saturated carbocycles. The third-order valence-electron chi connectivity index (χ3n) is 2.20. The first kappa shape index (κ1) is 15.1. The minimum absolute atomic E-state index is 0.146. The number of pyridine rings is 1. The molecule has 1 amide bonds. The van der Waals surface area contributed by atoms with Gasteiger partial charge in [-0.3, -0.25) is 9.00 Å². The fourth-order valence-corrected chi connectivity index (χ4v) is 2.63. The molecule has 7 heteroatoms. The summed E-state index contributed by atoms with van der Waals surface area (Å²) in [6.07, 6.45) is 3.23. The Bertz CT molecular complexity index is 468. The first-order valence-corrected chi connectivity index (χ1v) is 7.90. The van der Waals surface area contributed by atoms with Crippen LogP contribution in [-0.2, 0) is 10.8 Å². The second-order valence-corrected chi connectivity index (χ2v) is 6.31. The molecule has 5 nitrogen and oxygen atoms in total. The summed E-state index contributed by atoms with van der Waals surface area (Å²) in [4.78, 5) is 16.2. The molecule has 0 bridgehead atoms. The topological polar surface area (TPSA) is 71.1 Å². The minimum atomic E-state index is -0.935. The van der Waals surface area contributed by atoms with Crippen LogP contribution >= 0.6 is 15.9 Å². The second kappa shape index (κ2) is 6.84. The Morgan fingerprint density at radius 2 is 2.28 bits per heavy atom. The molecule has 0 spiro atoms. The van der Waals surface area contributed by atoms with Crippen molar-refractivity contribution in [1.82, 2.24) is 10.3 Å². The minimum Gasteiger partial charge on any atom is -0.372 e. The third-order valence-corrected chi connectivity index (χ3v) is 3.60. The molecule has 1 heterocycles. The van der Waals surface area contributed by atoms with Gasteiger partial charge in [0.2, 0.25) is 0 Å². The molecule has 0 fully saturated rings. The van der Waals surface area contributed by atoms with E-state index in [4.69, 9.17) is 0 Å². The number of hydrogen-bond donors (Lipinski definition) is 2. The Balaban J connectivity index is 2.83. The summed E-state index contributed by atoms with van der Waals surface area (Å²) in [5.41, 5.74) is 0.459. The highest BCUT2D eigenvalue weighted by molar-refractivity contribution is 9.10. The van der Waals surface area contributed by atoms with Gasteiger partial charge in [0.05, 0.1) is 5.56 Å². The number of aromatic nitrogens is 1. The summed E-state index contributed by atoms with van der Waals surface area (Å²) in [5, 5.41) is 5.66. The van der Waals surface area contributed by atoms with Crippen molar-refractivity contribution in [3.05, 3.63) is 22.3 Å². The normalized spacial score (nSPS) is 13.8. The zero-order valence-electron chi connectivity index (χ0n) is 10.5. The first-order valence-electron chi connectivity index (χ1n) is 5.38. The SMILES string of the molecule is CNc1ncc(Br)cc1C(=O)NC(C)CS(C)=O. The maximum atomic E-state index is 12.1.